The van der Waals surface area contributed by atoms with Gasteiger partial charge in [0.1, 0.15) is 12.1 Å². The molecular weight excluding hydrogens is 422 g/mol. The number of hydrogen-bond donors (Lipinski definition) is 7. The van der Waals surface area contributed by atoms with E-state index >= 15 is 0 Å². The van der Waals surface area contributed by atoms with Crippen molar-refractivity contribution in [2.24, 2.45) is 22.9 Å². The zero-order chi connectivity index (χ0) is 24.9. The molecule has 0 aromatic heterocycles. The highest BCUT2D eigenvalue weighted by molar-refractivity contribution is 5.93. The smallest absolute Gasteiger partial charge is 0.243 e. The fourth-order valence-corrected chi connectivity index (χ4v) is 3.42. The second-order valence-corrected chi connectivity index (χ2v) is 8.58. The fraction of sp³-hybridized carbons (Fsp3) is 0.870. The Kier molecular flexibility index (Phi) is 19.7. The molecule has 3 unspecified atom stereocenters. The van der Waals surface area contributed by atoms with Gasteiger partial charge in [-0.2, -0.15) is 0 Å². The second kappa shape index (κ2) is 20.8. The number of carbonyl (C=O) groups is 3. The number of carbonyl (C=O) groups excluding carboxylic acids is 3. The Hall–Kier alpha value is -1.75. The molecule has 0 aliphatic rings. The summed E-state index contributed by atoms with van der Waals surface area (Å²) in [5.41, 5.74) is 22.7. The Morgan fingerprint density at radius 2 is 1.12 bits per heavy atom. The molecular formula is C23H49N7O3. The highest BCUT2D eigenvalue weighted by Crippen LogP contribution is 2.07. The monoisotopic (exact) mass is 471 g/mol. The van der Waals surface area contributed by atoms with Crippen LogP contribution in [0, 0.1) is 0 Å². The Morgan fingerprint density at radius 3 is 1.64 bits per heavy atom. The molecule has 0 rings (SSSR count). The third kappa shape index (κ3) is 15.7. The molecule has 3 amide bonds. The number of nitrogens with one attached hydrogen (secondary N) is 3. The normalized spacial score (nSPS) is 13.7. The Labute approximate surface area is 199 Å². The van der Waals surface area contributed by atoms with Gasteiger partial charge >= 0.3 is 0 Å². The van der Waals surface area contributed by atoms with Crippen molar-refractivity contribution >= 4 is 17.7 Å². The molecule has 194 valence electrons. The molecule has 10 heteroatoms. The predicted molar refractivity (Wildman–Crippen MR) is 133 cm³/mol. The molecule has 0 saturated heterocycles. The van der Waals surface area contributed by atoms with Gasteiger partial charge in [-0.3, -0.25) is 14.4 Å². The first-order chi connectivity index (χ1) is 15.9. The lowest BCUT2D eigenvalue weighted by Crippen LogP contribution is -2.55. The summed E-state index contributed by atoms with van der Waals surface area (Å²) in [6.07, 6.45) is 8.85. The average Bonchev–Trinajstić information content (AvgIpc) is 2.80. The van der Waals surface area contributed by atoms with Crippen molar-refractivity contribution in [3.8, 4) is 0 Å². The molecule has 10 nitrogen and oxygen atoms in total. The van der Waals surface area contributed by atoms with E-state index in [1.807, 2.05) is 0 Å². The zero-order valence-corrected chi connectivity index (χ0v) is 20.6. The number of rotatable bonds is 21. The predicted octanol–water partition coefficient (Wildman–Crippen LogP) is -0.0233. The lowest BCUT2D eigenvalue weighted by molar-refractivity contribution is -0.132. The van der Waals surface area contributed by atoms with Gasteiger partial charge in [-0.25, -0.2) is 0 Å². The molecule has 11 N–H and O–H groups in total. The van der Waals surface area contributed by atoms with Gasteiger partial charge in [0.25, 0.3) is 0 Å². The van der Waals surface area contributed by atoms with Crippen molar-refractivity contribution in [2.45, 2.75) is 102 Å². The van der Waals surface area contributed by atoms with E-state index in [1.54, 1.807) is 0 Å². The minimum Gasteiger partial charge on any atom is -0.354 e. The van der Waals surface area contributed by atoms with E-state index in [-0.39, 0.29) is 17.7 Å². The SMILES string of the molecule is CCCCCNC(=O)C(CCCCN)NC(=O)C(CCCCN)NC(=O)C(N)CCCCN. The first kappa shape index (κ1) is 31.2. The Balaban J connectivity index is 5.10. The van der Waals surface area contributed by atoms with Crippen LogP contribution in [0.25, 0.3) is 0 Å². The Bertz CT molecular complexity index is 534. The first-order valence-electron chi connectivity index (χ1n) is 12.6. The second-order valence-electron chi connectivity index (χ2n) is 8.58. The summed E-state index contributed by atoms with van der Waals surface area (Å²) in [7, 11) is 0. The lowest BCUT2D eigenvalue weighted by Gasteiger charge is -2.24. The highest BCUT2D eigenvalue weighted by Gasteiger charge is 2.27. The molecule has 0 aromatic carbocycles. The van der Waals surface area contributed by atoms with Gasteiger partial charge < -0.3 is 38.9 Å². The molecule has 33 heavy (non-hydrogen) atoms. The van der Waals surface area contributed by atoms with E-state index < -0.39 is 18.1 Å². The minimum atomic E-state index is -0.769. The largest absolute Gasteiger partial charge is 0.354 e. The van der Waals surface area contributed by atoms with Crippen LogP contribution in [-0.4, -0.2) is 62.0 Å². The Morgan fingerprint density at radius 1 is 0.636 bits per heavy atom. The summed E-state index contributed by atoms with van der Waals surface area (Å²) in [5.74, 6) is -0.957. The fourth-order valence-electron chi connectivity index (χ4n) is 3.42. The van der Waals surface area contributed by atoms with Crippen LogP contribution in [0.3, 0.4) is 0 Å². The van der Waals surface area contributed by atoms with Crippen LogP contribution in [-0.2, 0) is 14.4 Å². The zero-order valence-electron chi connectivity index (χ0n) is 20.6. The van der Waals surface area contributed by atoms with Gasteiger partial charge in [0, 0.05) is 6.54 Å². The minimum absolute atomic E-state index is 0.206. The van der Waals surface area contributed by atoms with E-state index in [0.717, 1.165) is 51.4 Å². The summed E-state index contributed by atoms with van der Waals surface area (Å²) in [6.45, 7) is 4.25. The van der Waals surface area contributed by atoms with Crippen molar-refractivity contribution in [3.05, 3.63) is 0 Å². The van der Waals surface area contributed by atoms with Crippen LogP contribution >= 0.6 is 0 Å². The number of unbranched alkanes of at least 4 members (excludes halogenated alkanes) is 5. The van der Waals surface area contributed by atoms with Crippen LogP contribution in [0.4, 0.5) is 0 Å². The molecule has 3 atom stereocenters. The van der Waals surface area contributed by atoms with Gasteiger partial charge in [0.2, 0.25) is 17.7 Å². The molecule has 0 aliphatic heterocycles. The molecule has 0 saturated carbocycles. The van der Waals surface area contributed by atoms with Crippen molar-refractivity contribution in [3.63, 3.8) is 0 Å². The summed E-state index contributed by atoms with van der Waals surface area (Å²) in [5, 5.41) is 8.53. The van der Waals surface area contributed by atoms with Gasteiger partial charge in [0.15, 0.2) is 0 Å². The van der Waals surface area contributed by atoms with E-state index in [2.05, 4.69) is 22.9 Å². The lowest BCUT2D eigenvalue weighted by atomic mass is 10.0. The van der Waals surface area contributed by atoms with E-state index in [4.69, 9.17) is 22.9 Å². The van der Waals surface area contributed by atoms with Crippen LogP contribution in [0.5, 0.6) is 0 Å². The van der Waals surface area contributed by atoms with Crippen molar-refractivity contribution in [1.29, 1.82) is 0 Å². The number of nitrogens with two attached hydrogens (primary N) is 4. The maximum absolute atomic E-state index is 13.1. The summed E-state index contributed by atoms with van der Waals surface area (Å²) in [4.78, 5) is 38.3. The third-order valence-corrected chi connectivity index (χ3v) is 5.55. The maximum atomic E-state index is 13.1. The summed E-state index contributed by atoms with van der Waals surface area (Å²) >= 11 is 0. The summed E-state index contributed by atoms with van der Waals surface area (Å²) < 4.78 is 0. The standard InChI is InChI=1S/C23H49N7O3/c1-2-3-10-17-28-22(32)19(12-5-8-15-25)30-23(33)20(13-6-9-16-26)29-21(31)18(27)11-4-7-14-24/h18-20H,2-17,24-27H2,1H3,(H,28,32)(H,29,31)(H,30,33). The number of hydrogen-bond acceptors (Lipinski definition) is 7. The van der Waals surface area contributed by atoms with Crippen molar-refractivity contribution in [2.75, 3.05) is 26.2 Å². The molecule has 0 fully saturated rings. The maximum Gasteiger partial charge on any atom is 0.243 e. The molecule has 0 spiro atoms. The quantitative estimate of drug-likeness (QED) is 0.114. The van der Waals surface area contributed by atoms with Crippen LogP contribution in [0.15, 0.2) is 0 Å². The van der Waals surface area contributed by atoms with Crippen LogP contribution < -0.4 is 38.9 Å². The van der Waals surface area contributed by atoms with Crippen molar-refractivity contribution in [1.82, 2.24) is 16.0 Å². The third-order valence-electron chi connectivity index (χ3n) is 5.55. The summed E-state index contributed by atoms with van der Waals surface area (Å²) in [6, 6.07) is -2.14. The first-order valence-corrected chi connectivity index (χ1v) is 12.6. The molecule has 0 aliphatic carbocycles. The van der Waals surface area contributed by atoms with Crippen LogP contribution in [0.1, 0.15) is 84.0 Å². The number of amides is 3. The highest BCUT2D eigenvalue weighted by atomic mass is 16.2. The molecule has 0 bridgehead atoms. The molecule has 0 radical (unpaired) electrons. The topological polar surface area (TPSA) is 191 Å². The van der Waals surface area contributed by atoms with Crippen molar-refractivity contribution < 1.29 is 14.4 Å². The van der Waals surface area contributed by atoms with Gasteiger partial charge in [-0.1, -0.05) is 26.2 Å². The molecule has 0 aromatic rings. The van der Waals surface area contributed by atoms with Gasteiger partial charge in [-0.05, 0) is 77.4 Å². The van der Waals surface area contributed by atoms with E-state index in [1.165, 1.54) is 0 Å². The molecule has 0 heterocycles. The van der Waals surface area contributed by atoms with Gasteiger partial charge in [-0.15, -0.1) is 0 Å². The van der Waals surface area contributed by atoms with Gasteiger partial charge in [0.05, 0.1) is 6.04 Å². The van der Waals surface area contributed by atoms with E-state index in [0.29, 0.717) is 51.9 Å². The van der Waals surface area contributed by atoms with Crippen LogP contribution in [0.2, 0.25) is 0 Å². The average molecular weight is 472 g/mol. The van der Waals surface area contributed by atoms with E-state index in [9.17, 15) is 14.4 Å².